The Bertz CT molecular complexity index is 1170. The number of anilines is 5. The maximum atomic E-state index is 11.9. The van der Waals surface area contributed by atoms with Crippen LogP contribution in [0, 0.1) is 6.92 Å². The topological polar surface area (TPSA) is 73.4 Å². The van der Waals surface area contributed by atoms with Crippen LogP contribution in [0.5, 0.6) is 0 Å². The van der Waals surface area contributed by atoms with Crippen LogP contribution in [0.15, 0.2) is 61.3 Å². The van der Waals surface area contributed by atoms with Gasteiger partial charge in [0.15, 0.2) is 11.6 Å². The van der Waals surface area contributed by atoms with Gasteiger partial charge >= 0.3 is 0 Å². The zero-order valence-corrected chi connectivity index (χ0v) is 20.3. The van der Waals surface area contributed by atoms with Crippen molar-refractivity contribution in [2.75, 3.05) is 48.8 Å². The number of hydrogen-bond acceptors (Lipinski definition) is 7. The monoisotopic (exact) mass is 476 g/mol. The third kappa shape index (κ3) is 5.73. The summed E-state index contributed by atoms with van der Waals surface area (Å²) in [5, 5.41) is 6.94. The van der Waals surface area contributed by atoms with Crippen LogP contribution in [0.3, 0.4) is 0 Å². The van der Waals surface area contributed by atoms with Gasteiger partial charge in [-0.05, 0) is 55.4 Å². The van der Waals surface area contributed by atoms with E-state index in [1.54, 1.807) is 6.20 Å². The second-order valence-corrected chi connectivity index (χ2v) is 8.84. The number of nitrogens with one attached hydrogen (secondary N) is 2. The molecule has 8 heteroatoms. The van der Waals surface area contributed by atoms with Gasteiger partial charge in [-0.3, -0.25) is 4.79 Å². The lowest BCUT2D eigenvalue weighted by atomic mass is 10.0. The molecule has 1 fully saturated rings. The van der Waals surface area contributed by atoms with Gasteiger partial charge in [-0.1, -0.05) is 36.4 Å². The molecule has 1 aliphatic heterocycles. The predicted molar refractivity (Wildman–Crippen MR) is 140 cm³/mol. The highest BCUT2D eigenvalue weighted by atomic mass is 35.5. The van der Waals surface area contributed by atoms with E-state index in [4.69, 9.17) is 11.6 Å². The molecular formula is C26H29ClN6O. The van der Waals surface area contributed by atoms with Crippen LogP contribution in [0.1, 0.15) is 11.1 Å². The number of aryl methyl sites for hydroxylation is 1. The number of carbonyl (C=O) groups excluding carboxylic acids is 1. The van der Waals surface area contributed by atoms with Gasteiger partial charge in [-0.2, -0.15) is 4.98 Å². The first-order valence-electron chi connectivity index (χ1n) is 11.3. The first-order valence-corrected chi connectivity index (χ1v) is 11.6. The second-order valence-electron chi connectivity index (χ2n) is 8.43. The van der Waals surface area contributed by atoms with Crippen LogP contribution in [-0.2, 0) is 11.2 Å². The lowest BCUT2D eigenvalue weighted by molar-refractivity contribution is -0.114. The molecule has 0 radical (unpaired) electrons. The van der Waals surface area contributed by atoms with Gasteiger partial charge in [0.05, 0.1) is 6.20 Å². The summed E-state index contributed by atoms with van der Waals surface area (Å²) in [6.07, 6.45) is 3.15. The molecule has 2 aromatic carbocycles. The van der Waals surface area contributed by atoms with Crippen LogP contribution in [0.2, 0.25) is 5.02 Å². The van der Waals surface area contributed by atoms with Gasteiger partial charge in [0.25, 0.3) is 0 Å². The van der Waals surface area contributed by atoms with Crippen molar-refractivity contribution in [3.05, 3.63) is 77.5 Å². The number of hydrogen-bond donors (Lipinski definition) is 2. The molecule has 4 rings (SSSR count). The normalized spacial score (nSPS) is 14.0. The third-order valence-corrected chi connectivity index (χ3v) is 6.21. The maximum Gasteiger partial charge on any atom is 0.229 e. The Kier molecular flexibility index (Phi) is 7.45. The van der Waals surface area contributed by atoms with Crippen molar-refractivity contribution in [1.82, 2.24) is 14.9 Å². The number of allylic oxidation sites excluding steroid dienone is 1. The fourth-order valence-electron chi connectivity index (χ4n) is 3.90. The summed E-state index contributed by atoms with van der Waals surface area (Å²) in [7, 11) is 2.15. The molecule has 0 aliphatic carbocycles. The van der Waals surface area contributed by atoms with Gasteiger partial charge in [-0.15, -0.1) is 0 Å². The molecule has 7 nitrogen and oxygen atoms in total. The lowest BCUT2D eigenvalue weighted by Gasteiger charge is -2.34. The fraction of sp³-hybridized carbons (Fsp3) is 0.269. The minimum Gasteiger partial charge on any atom is -0.369 e. The van der Waals surface area contributed by atoms with E-state index in [1.807, 2.05) is 37.3 Å². The Labute approximate surface area is 205 Å². The molecular weight excluding hydrogens is 448 g/mol. The largest absolute Gasteiger partial charge is 0.369 e. The zero-order valence-electron chi connectivity index (χ0n) is 19.5. The van der Waals surface area contributed by atoms with Gasteiger partial charge in [0, 0.05) is 49.7 Å². The molecule has 0 unspecified atom stereocenters. The molecule has 1 saturated heterocycles. The smallest absolute Gasteiger partial charge is 0.229 e. The molecule has 0 amide bonds. The summed E-state index contributed by atoms with van der Waals surface area (Å²) in [4.78, 5) is 25.6. The van der Waals surface area contributed by atoms with Gasteiger partial charge in [-0.25, -0.2) is 4.98 Å². The number of likely N-dealkylation sites (N-methyl/N-ethyl adjacent to an activating group) is 1. The molecule has 1 aromatic heterocycles. The molecule has 0 atom stereocenters. The van der Waals surface area contributed by atoms with Gasteiger partial charge in [0.2, 0.25) is 5.95 Å². The van der Waals surface area contributed by atoms with E-state index >= 15 is 0 Å². The van der Waals surface area contributed by atoms with Crippen LogP contribution in [-0.4, -0.2) is 53.9 Å². The minimum absolute atomic E-state index is 0.0511. The number of aromatic nitrogens is 2. The van der Waals surface area contributed by atoms with E-state index in [0.717, 1.165) is 48.7 Å². The Morgan fingerprint density at radius 2 is 1.85 bits per heavy atom. The van der Waals surface area contributed by atoms with Crippen molar-refractivity contribution in [1.29, 1.82) is 0 Å². The van der Waals surface area contributed by atoms with E-state index in [1.165, 1.54) is 11.8 Å². The summed E-state index contributed by atoms with van der Waals surface area (Å²) in [5.74, 6) is 0.844. The van der Waals surface area contributed by atoms with Crippen molar-refractivity contribution >= 4 is 46.2 Å². The van der Waals surface area contributed by atoms with E-state index < -0.39 is 0 Å². The number of benzene rings is 2. The molecule has 34 heavy (non-hydrogen) atoms. The van der Waals surface area contributed by atoms with Gasteiger partial charge < -0.3 is 20.4 Å². The number of carbonyl (C=O) groups is 1. The van der Waals surface area contributed by atoms with Crippen molar-refractivity contribution in [2.45, 2.75) is 13.3 Å². The molecule has 176 valence electrons. The summed E-state index contributed by atoms with van der Waals surface area (Å²) in [6, 6.07) is 14.1. The third-order valence-electron chi connectivity index (χ3n) is 5.93. The molecule has 0 bridgehead atoms. The summed E-state index contributed by atoms with van der Waals surface area (Å²) in [5.41, 5.74) is 4.74. The Morgan fingerprint density at radius 3 is 2.56 bits per heavy atom. The average Bonchev–Trinajstić information content (AvgIpc) is 2.84. The standard InChI is InChI=1S/C26H29ClN6O/c1-4-22(34)16-19-7-5-6-18(2)24(19)30-25-23(27)17-28-26(31-25)29-20-8-10-21(11-9-20)33-14-12-32(3)13-15-33/h4-11,17H,1,12-16H2,2-3H3,(H2,28,29,30,31). The second kappa shape index (κ2) is 10.7. The van der Waals surface area contributed by atoms with E-state index in [-0.39, 0.29) is 12.2 Å². The SMILES string of the molecule is C=CC(=O)Cc1cccc(C)c1Nc1nc(Nc2ccc(N3CCN(C)CC3)cc2)ncc1Cl. The number of para-hydroxylation sites is 1. The predicted octanol–water partition coefficient (Wildman–Crippen LogP) is 4.98. The molecule has 0 spiro atoms. The Hall–Kier alpha value is -3.42. The number of nitrogens with zero attached hydrogens (tertiary/aromatic N) is 4. The van der Waals surface area contributed by atoms with Crippen LogP contribution >= 0.6 is 11.6 Å². The Balaban J connectivity index is 1.50. The fourth-order valence-corrected chi connectivity index (χ4v) is 4.04. The highest BCUT2D eigenvalue weighted by molar-refractivity contribution is 6.33. The molecule has 1 aliphatic rings. The average molecular weight is 477 g/mol. The van der Waals surface area contributed by atoms with Crippen LogP contribution in [0.25, 0.3) is 0 Å². The van der Waals surface area contributed by atoms with Crippen LogP contribution < -0.4 is 15.5 Å². The Morgan fingerprint density at radius 1 is 1.12 bits per heavy atom. The quantitative estimate of drug-likeness (QED) is 0.444. The summed E-state index contributed by atoms with van der Waals surface area (Å²) in [6.45, 7) is 9.73. The minimum atomic E-state index is -0.0511. The molecule has 0 saturated carbocycles. The highest BCUT2D eigenvalue weighted by Gasteiger charge is 2.15. The van der Waals surface area contributed by atoms with Crippen molar-refractivity contribution in [2.24, 2.45) is 0 Å². The number of halogens is 1. The number of piperazine rings is 1. The summed E-state index contributed by atoms with van der Waals surface area (Å²) < 4.78 is 0. The molecule has 3 aromatic rings. The first-order chi connectivity index (χ1) is 16.4. The van der Waals surface area contributed by atoms with E-state index in [2.05, 4.69) is 56.2 Å². The first kappa shape index (κ1) is 23.7. The van der Waals surface area contributed by atoms with E-state index in [0.29, 0.717) is 16.8 Å². The van der Waals surface area contributed by atoms with Crippen molar-refractivity contribution in [3.63, 3.8) is 0 Å². The lowest BCUT2D eigenvalue weighted by Crippen LogP contribution is -2.44. The zero-order chi connectivity index (χ0) is 24.1. The molecule has 2 heterocycles. The number of rotatable bonds is 8. The van der Waals surface area contributed by atoms with E-state index in [9.17, 15) is 4.79 Å². The summed E-state index contributed by atoms with van der Waals surface area (Å²) >= 11 is 6.40. The van der Waals surface area contributed by atoms with Crippen LogP contribution in [0.4, 0.5) is 28.8 Å². The van der Waals surface area contributed by atoms with Gasteiger partial charge in [0.1, 0.15) is 5.02 Å². The molecule has 2 N–H and O–H groups in total. The van der Waals surface area contributed by atoms with Crippen molar-refractivity contribution < 1.29 is 4.79 Å². The van der Waals surface area contributed by atoms with Crippen molar-refractivity contribution in [3.8, 4) is 0 Å². The highest BCUT2D eigenvalue weighted by Crippen LogP contribution is 2.30. The number of ketones is 1. The maximum absolute atomic E-state index is 11.9.